The van der Waals surface area contributed by atoms with Gasteiger partial charge in [0.1, 0.15) is 6.04 Å². The Bertz CT molecular complexity index is 1020. The zero-order valence-electron chi connectivity index (χ0n) is 14.5. The summed E-state index contributed by atoms with van der Waals surface area (Å²) in [7, 11) is 0. The molecule has 0 spiro atoms. The minimum absolute atomic E-state index is 0.158. The van der Waals surface area contributed by atoms with E-state index in [0.29, 0.717) is 5.69 Å². The van der Waals surface area contributed by atoms with E-state index in [-0.39, 0.29) is 18.2 Å². The van der Waals surface area contributed by atoms with Crippen LogP contribution in [0.15, 0.2) is 42.7 Å². The molecule has 1 aliphatic heterocycles. The first-order chi connectivity index (χ1) is 12.0. The number of imidazole rings is 1. The van der Waals surface area contributed by atoms with Crippen LogP contribution >= 0.6 is 0 Å². The van der Waals surface area contributed by atoms with Crippen molar-refractivity contribution in [2.24, 2.45) is 0 Å². The van der Waals surface area contributed by atoms with Crippen LogP contribution in [-0.2, 0) is 9.59 Å². The number of hydrogen-bond donors (Lipinski definition) is 0. The van der Waals surface area contributed by atoms with Crippen LogP contribution in [0.1, 0.15) is 29.2 Å². The van der Waals surface area contributed by atoms with Crippen molar-refractivity contribution < 1.29 is 9.59 Å². The van der Waals surface area contributed by atoms with Crippen molar-refractivity contribution in [3.63, 3.8) is 0 Å². The number of carbonyl (C=O) groups excluding carboxylic acids is 2. The van der Waals surface area contributed by atoms with Crippen LogP contribution in [0.2, 0.25) is 0 Å². The Morgan fingerprint density at radius 2 is 1.80 bits per heavy atom. The second-order valence-corrected chi connectivity index (χ2v) is 6.70. The fourth-order valence-electron chi connectivity index (χ4n) is 3.40. The van der Waals surface area contributed by atoms with Crippen LogP contribution in [0, 0.1) is 20.8 Å². The molecule has 2 amide bonds. The van der Waals surface area contributed by atoms with Gasteiger partial charge in [0.25, 0.3) is 5.91 Å². The van der Waals surface area contributed by atoms with Gasteiger partial charge < -0.3 is 4.57 Å². The zero-order chi connectivity index (χ0) is 17.7. The maximum absolute atomic E-state index is 13.0. The molecule has 1 atom stereocenters. The number of fused-ring (bicyclic) bond motifs is 1. The number of hydrogen-bond acceptors (Lipinski definition) is 3. The van der Waals surface area contributed by atoms with E-state index in [0.717, 1.165) is 27.7 Å². The average molecular weight is 333 g/mol. The highest BCUT2D eigenvalue weighted by atomic mass is 16.2. The molecule has 126 valence electrons. The topological polar surface area (TPSA) is 55.2 Å². The van der Waals surface area contributed by atoms with E-state index >= 15 is 0 Å². The number of rotatable bonds is 2. The highest BCUT2D eigenvalue weighted by Crippen LogP contribution is 2.32. The summed E-state index contributed by atoms with van der Waals surface area (Å²) in [4.78, 5) is 31.2. The van der Waals surface area contributed by atoms with Crippen molar-refractivity contribution >= 4 is 28.5 Å². The lowest BCUT2D eigenvalue weighted by molar-refractivity contribution is -0.122. The molecule has 0 aliphatic carbocycles. The third kappa shape index (κ3) is 2.43. The summed E-state index contributed by atoms with van der Waals surface area (Å²) >= 11 is 0. The quantitative estimate of drug-likeness (QED) is 0.675. The van der Waals surface area contributed by atoms with Gasteiger partial charge in [-0.25, -0.2) is 9.88 Å². The maximum Gasteiger partial charge on any atom is 0.257 e. The largest absolute Gasteiger partial charge is 0.317 e. The van der Waals surface area contributed by atoms with Crippen LogP contribution in [0.3, 0.4) is 0 Å². The van der Waals surface area contributed by atoms with Crippen LogP contribution in [-0.4, -0.2) is 21.4 Å². The molecular formula is C20H19N3O2. The molecule has 2 heterocycles. The fraction of sp³-hybridized carbons (Fsp3) is 0.250. The molecule has 1 saturated heterocycles. The molecule has 1 fully saturated rings. The third-order valence-corrected chi connectivity index (χ3v) is 4.91. The van der Waals surface area contributed by atoms with Crippen LogP contribution in [0.5, 0.6) is 0 Å². The summed E-state index contributed by atoms with van der Waals surface area (Å²) in [5.74, 6) is -0.376. The Hall–Kier alpha value is -2.95. The first-order valence-electron chi connectivity index (χ1n) is 8.33. The maximum atomic E-state index is 13.0. The van der Waals surface area contributed by atoms with Crippen molar-refractivity contribution in [3.05, 3.63) is 59.4 Å². The van der Waals surface area contributed by atoms with E-state index in [1.165, 1.54) is 4.90 Å². The predicted molar refractivity (Wildman–Crippen MR) is 96.5 cm³/mol. The molecule has 5 heteroatoms. The van der Waals surface area contributed by atoms with E-state index in [1.54, 1.807) is 12.4 Å². The van der Waals surface area contributed by atoms with E-state index in [1.807, 2.05) is 55.7 Å². The number of nitrogens with zero attached hydrogens (tertiary/aromatic N) is 3. The summed E-state index contributed by atoms with van der Waals surface area (Å²) in [6, 6.07) is 11.0. The highest BCUT2D eigenvalue weighted by molar-refractivity contribution is 6.21. The van der Waals surface area contributed by atoms with Crippen molar-refractivity contribution in [2.45, 2.75) is 33.2 Å². The van der Waals surface area contributed by atoms with E-state index in [9.17, 15) is 9.59 Å². The number of benzene rings is 2. The van der Waals surface area contributed by atoms with Gasteiger partial charge >= 0.3 is 0 Å². The van der Waals surface area contributed by atoms with Gasteiger partial charge in [0.05, 0.1) is 29.5 Å². The molecule has 0 N–H and O–H groups in total. The SMILES string of the molecule is Cc1cccc(N2C(=O)CC(n3cnc4cc(C)c(C)cc43)C2=O)c1. The number of aromatic nitrogens is 2. The Morgan fingerprint density at radius 3 is 2.56 bits per heavy atom. The number of aryl methyl sites for hydroxylation is 3. The van der Waals surface area contributed by atoms with Gasteiger partial charge in [-0.15, -0.1) is 0 Å². The smallest absolute Gasteiger partial charge is 0.257 e. The van der Waals surface area contributed by atoms with Crippen LogP contribution in [0.25, 0.3) is 11.0 Å². The lowest BCUT2D eigenvalue weighted by atomic mass is 10.1. The van der Waals surface area contributed by atoms with Gasteiger partial charge in [0.2, 0.25) is 5.91 Å². The molecule has 4 rings (SSSR count). The first kappa shape index (κ1) is 15.6. The summed E-state index contributed by atoms with van der Waals surface area (Å²) < 4.78 is 1.83. The second kappa shape index (κ2) is 5.55. The summed E-state index contributed by atoms with van der Waals surface area (Å²) in [6.45, 7) is 6.02. The predicted octanol–water partition coefficient (Wildman–Crippen LogP) is 3.47. The van der Waals surface area contributed by atoms with Gasteiger partial charge in [-0.3, -0.25) is 9.59 Å². The van der Waals surface area contributed by atoms with Gasteiger partial charge in [0, 0.05) is 0 Å². The Balaban J connectivity index is 1.77. The van der Waals surface area contributed by atoms with E-state index in [2.05, 4.69) is 4.98 Å². The molecule has 1 unspecified atom stereocenters. The average Bonchev–Trinajstić information content (AvgIpc) is 3.08. The molecule has 0 radical (unpaired) electrons. The highest BCUT2D eigenvalue weighted by Gasteiger charge is 2.41. The lowest BCUT2D eigenvalue weighted by Gasteiger charge is -2.16. The molecule has 2 aromatic carbocycles. The second-order valence-electron chi connectivity index (χ2n) is 6.70. The van der Waals surface area contributed by atoms with Crippen LogP contribution < -0.4 is 4.90 Å². The Kier molecular flexibility index (Phi) is 3.46. The summed E-state index contributed by atoms with van der Waals surface area (Å²) in [5, 5.41) is 0. The minimum atomic E-state index is -0.542. The van der Waals surface area contributed by atoms with Crippen molar-refractivity contribution in [3.8, 4) is 0 Å². The van der Waals surface area contributed by atoms with Gasteiger partial charge in [0.15, 0.2) is 0 Å². The summed E-state index contributed by atoms with van der Waals surface area (Å²) in [5.41, 5.74) is 5.68. The van der Waals surface area contributed by atoms with Crippen molar-refractivity contribution in [1.29, 1.82) is 0 Å². The lowest BCUT2D eigenvalue weighted by Crippen LogP contribution is -2.31. The van der Waals surface area contributed by atoms with Gasteiger partial charge in [-0.2, -0.15) is 0 Å². The number of amides is 2. The van der Waals surface area contributed by atoms with Gasteiger partial charge in [-0.05, 0) is 61.7 Å². The van der Waals surface area contributed by atoms with E-state index in [4.69, 9.17) is 0 Å². The van der Waals surface area contributed by atoms with E-state index < -0.39 is 6.04 Å². The standard InChI is InChI=1S/C20H19N3O2/c1-12-5-4-6-15(7-12)23-19(24)10-18(20(23)25)22-11-21-16-8-13(2)14(3)9-17(16)22/h4-9,11,18H,10H2,1-3H3. The van der Waals surface area contributed by atoms with Gasteiger partial charge in [-0.1, -0.05) is 12.1 Å². The first-order valence-corrected chi connectivity index (χ1v) is 8.33. The third-order valence-electron chi connectivity index (χ3n) is 4.91. The number of carbonyl (C=O) groups is 2. The summed E-state index contributed by atoms with van der Waals surface area (Å²) in [6.07, 6.45) is 1.82. The Morgan fingerprint density at radius 1 is 1.04 bits per heavy atom. The number of imide groups is 1. The molecule has 25 heavy (non-hydrogen) atoms. The fourth-order valence-corrected chi connectivity index (χ4v) is 3.40. The molecule has 0 bridgehead atoms. The molecule has 1 aromatic heterocycles. The molecule has 3 aromatic rings. The minimum Gasteiger partial charge on any atom is -0.317 e. The zero-order valence-corrected chi connectivity index (χ0v) is 14.5. The van der Waals surface area contributed by atoms with Crippen molar-refractivity contribution in [1.82, 2.24) is 9.55 Å². The van der Waals surface area contributed by atoms with Crippen molar-refractivity contribution in [2.75, 3.05) is 4.90 Å². The number of anilines is 1. The Labute approximate surface area is 145 Å². The van der Waals surface area contributed by atoms with Crippen LogP contribution in [0.4, 0.5) is 5.69 Å². The molecule has 1 aliphatic rings. The molecule has 5 nitrogen and oxygen atoms in total. The molecular weight excluding hydrogens is 314 g/mol. The normalized spacial score (nSPS) is 17.7. The molecule has 0 saturated carbocycles. The monoisotopic (exact) mass is 333 g/mol.